The van der Waals surface area contributed by atoms with Crippen molar-refractivity contribution in [3.63, 3.8) is 0 Å². The zero-order valence-electron chi connectivity index (χ0n) is 17.5. The first-order chi connectivity index (χ1) is 15.1. The highest BCUT2D eigenvalue weighted by Crippen LogP contribution is 2.33. The number of ether oxygens (including phenoxy) is 1. The molecule has 170 valence electrons. The molecule has 4 rings (SSSR count). The SMILES string of the molecule is Cl.Cl.Cn1c(/C=C/CN)cc2ncnc(Nc3ccc(Oc4cccc(C#N)c4)c(Cl)c3)c21. The summed E-state index contributed by atoms with van der Waals surface area (Å²) in [5, 5.41) is 12.8. The second-order valence-electron chi connectivity index (χ2n) is 6.73. The van der Waals surface area contributed by atoms with Crippen LogP contribution in [0.2, 0.25) is 5.02 Å². The number of nitriles is 1. The Morgan fingerprint density at radius 2 is 2.00 bits per heavy atom. The van der Waals surface area contributed by atoms with Gasteiger partial charge < -0.3 is 20.4 Å². The normalized spacial score (nSPS) is 10.4. The molecule has 0 radical (unpaired) electrons. The second kappa shape index (κ2) is 11.5. The van der Waals surface area contributed by atoms with Crippen LogP contribution in [0.4, 0.5) is 11.5 Å². The van der Waals surface area contributed by atoms with Gasteiger partial charge in [0.1, 0.15) is 23.3 Å². The molecule has 3 N–H and O–H groups in total. The van der Waals surface area contributed by atoms with Crippen LogP contribution in [0.1, 0.15) is 11.3 Å². The van der Waals surface area contributed by atoms with Crippen LogP contribution in [0.25, 0.3) is 17.1 Å². The maximum Gasteiger partial charge on any atom is 0.158 e. The van der Waals surface area contributed by atoms with E-state index in [2.05, 4.69) is 21.4 Å². The molecule has 7 nitrogen and oxygen atoms in total. The molecule has 0 aliphatic rings. The fourth-order valence-corrected chi connectivity index (χ4v) is 3.41. The van der Waals surface area contributed by atoms with E-state index >= 15 is 0 Å². The number of anilines is 2. The molecule has 2 aromatic carbocycles. The van der Waals surface area contributed by atoms with Gasteiger partial charge in [0, 0.05) is 25.0 Å². The third-order valence-electron chi connectivity index (χ3n) is 4.67. The smallest absolute Gasteiger partial charge is 0.158 e. The maximum atomic E-state index is 9.04. The molecule has 2 aromatic heterocycles. The number of nitrogens with one attached hydrogen (secondary N) is 1. The summed E-state index contributed by atoms with van der Waals surface area (Å²) in [6.45, 7) is 0.464. The van der Waals surface area contributed by atoms with Crippen LogP contribution in [0.15, 0.2) is 60.9 Å². The highest BCUT2D eigenvalue weighted by atomic mass is 35.5. The molecule has 0 spiro atoms. The Morgan fingerprint density at radius 3 is 2.73 bits per heavy atom. The summed E-state index contributed by atoms with van der Waals surface area (Å²) < 4.78 is 7.83. The molecular formula is C23H21Cl3N6O. The molecule has 0 saturated heterocycles. The van der Waals surface area contributed by atoms with Crippen LogP contribution in [0, 0.1) is 11.3 Å². The van der Waals surface area contributed by atoms with Gasteiger partial charge in [0.2, 0.25) is 0 Å². The standard InChI is InChI=1S/C23H19ClN6O.2ClH/c1-30-17(5-3-9-25)12-20-22(30)23(28-14-27-20)29-16-7-8-21(19(24)11-16)31-18-6-2-4-15(10-18)13-26;;/h2-8,10-12,14H,9,25H2,1H3,(H,27,28,29);2*1H/b5-3+;;. The van der Waals surface area contributed by atoms with Crippen molar-refractivity contribution in [1.29, 1.82) is 5.26 Å². The molecule has 0 unspecified atom stereocenters. The number of hydrogen-bond acceptors (Lipinski definition) is 6. The number of hydrogen-bond donors (Lipinski definition) is 2. The van der Waals surface area contributed by atoms with E-state index in [1.807, 2.05) is 35.9 Å². The van der Waals surface area contributed by atoms with Crippen molar-refractivity contribution < 1.29 is 4.74 Å². The minimum absolute atomic E-state index is 0. The van der Waals surface area contributed by atoms with Crippen LogP contribution in [-0.2, 0) is 7.05 Å². The van der Waals surface area contributed by atoms with E-state index in [9.17, 15) is 0 Å². The first-order valence-electron chi connectivity index (χ1n) is 9.50. The molecule has 4 aromatic rings. The van der Waals surface area contributed by atoms with Crippen LogP contribution in [-0.4, -0.2) is 21.1 Å². The monoisotopic (exact) mass is 502 g/mol. The van der Waals surface area contributed by atoms with Gasteiger partial charge in [-0.15, -0.1) is 24.8 Å². The van der Waals surface area contributed by atoms with Gasteiger partial charge >= 0.3 is 0 Å². The first-order valence-corrected chi connectivity index (χ1v) is 9.88. The van der Waals surface area contributed by atoms with E-state index in [1.54, 1.807) is 36.4 Å². The van der Waals surface area contributed by atoms with E-state index in [0.29, 0.717) is 34.4 Å². The highest BCUT2D eigenvalue weighted by Gasteiger charge is 2.12. The van der Waals surface area contributed by atoms with Gasteiger partial charge in [-0.3, -0.25) is 0 Å². The average Bonchev–Trinajstić information content (AvgIpc) is 3.10. The summed E-state index contributed by atoms with van der Waals surface area (Å²) in [5.41, 5.74) is 9.50. The zero-order valence-corrected chi connectivity index (χ0v) is 19.9. The first kappa shape index (κ1) is 26.0. The van der Waals surface area contributed by atoms with Gasteiger partial charge in [-0.25, -0.2) is 9.97 Å². The van der Waals surface area contributed by atoms with Gasteiger partial charge in [0.25, 0.3) is 0 Å². The topological polar surface area (TPSA) is 102 Å². The Morgan fingerprint density at radius 1 is 1.18 bits per heavy atom. The number of aromatic nitrogens is 3. The molecule has 33 heavy (non-hydrogen) atoms. The number of rotatable bonds is 6. The van der Waals surface area contributed by atoms with Crippen molar-refractivity contribution in [1.82, 2.24) is 14.5 Å². The van der Waals surface area contributed by atoms with Gasteiger partial charge in [0.15, 0.2) is 5.82 Å². The quantitative estimate of drug-likeness (QED) is 0.342. The van der Waals surface area contributed by atoms with E-state index in [4.69, 9.17) is 27.3 Å². The number of aryl methyl sites for hydroxylation is 1. The summed E-state index contributed by atoms with van der Waals surface area (Å²) in [4.78, 5) is 8.76. The third-order valence-corrected chi connectivity index (χ3v) is 4.96. The highest BCUT2D eigenvalue weighted by molar-refractivity contribution is 6.32. The molecule has 0 fully saturated rings. The fraction of sp³-hybridized carbons (Fsp3) is 0.0870. The predicted octanol–water partition coefficient (Wildman–Crippen LogP) is 5.84. The zero-order chi connectivity index (χ0) is 21.8. The number of nitrogens with zero attached hydrogens (tertiary/aromatic N) is 4. The van der Waals surface area contributed by atoms with Crippen LogP contribution >= 0.6 is 36.4 Å². The van der Waals surface area contributed by atoms with E-state index < -0.39 is 0 Å². The van der Waals surface area contributed by atoms with E-state index in [1.165, 1.54) is 6.33 Å². The fourth-order valence-electron chi connectivity index (χ4n) is 3.19. The maximum absolute atomic E-state index is 9.04. The minimum atomic E-state index is 0. The van der Waals surface area contributed by atoms with Gasteiger partial charge in [-0.1, -0.05) is 23.7 Å². The number of halogens is 3. The number of benzene rings is 2. The largest absolute Gasteiger partial charge is 0.456 e. The van der Waals surface area contributed by atoms with Crippen LogP contribution in [0.5, 0.6) is 11.5 Å². The van der Waals surface area contributed by atoms with E-state index in [0.717, 1.165) is 22.4 Å². The second-order valence-corrected chi connectivity index (χ2v) is 7.14. The lowest BCUT2D eigenvalue weighted by atomic mass is 10.2. The minimum Gasteiger partial charge on any atom is -0.456 e. The molecule has 10 heteroatoms. The lowest BCUT2D eigenvalue weighted by Crippen LogP contribution is -2.00. The summed E-state index contributed by atoms with van der Waals surface area (Å²) in [6, 6.07) is 16.3. The third kappa shape index (κ3) is 5.75. The van der Waals surface area contributed by atoms with E-state index in [-0.39, 0.29) is 24.8 Å². The summed E-state index contributed by atoms with van der Waals surface area (Å²) in [7, 11) is 1.95. The van der Waals surface area contributed by atoms with Crippen LogP contribution < -0.4 is 15.8 Å². The number of nitrogens with two attached hydrogens (primary N) is 1. The molecule has 0 saturated carbocycles. The Balaban J connectivity index is 0.00000193. The molecule has 0 amide bonds. The lowest BCUT2D eigenvalue weighted by Gasteiger charge is -2.12. The molecule has 2 heterocycles. The van der Waals surface area contributed by atoms with Crippen molar-refractivity contribution in [2.24, 2.45) is 12.8 Å². The number of fused-ring (bicyclic) bond motifs is 1. The molecular weight excluding hydrogens is 483 g/mol. The summed E-state index contributed by atoms with van der Waals surface area (Å²) >= 11 is 6.44. The molecule has 0 aliphatic carbocycles. The molecule has 0 atom stereocenters. The van der Waals surface area contributed by atoms with Gasteiger partial charge in [-0.2, -0.15) is 5.26 Å². The molecule has 0 bridgehead atoms. The van der Waals surface area contributed by atoms with Crippen molar-refractivity contribution in [3.05, 3.63) is 77.2 Å². The van der Waals surface area contributed by atoms with Gasteiger partial charge in [-0.05, 0) is 48.5 Å². The summed E-state index contributed by atoms with van der Waals surface area (Å²) in [6.07, 6.45) is 5.36. The summed E-state index contributed by atoms with van der Waals surface area (Å²) in [5.74, 6) is 1.69. The van der Waals surface area contributed by atoms with Crippen molar-refractivity contribution in [3.8, 4) is 17.6 Å². The Kier molecular flexibility index (Phi) is 9.09. The average molecular weight is 504 g/mol. The van der Waals surface area contributed by atoms with Crippen molar-refractivity contribution >= 4 is 65.0 Å². The Bertz CT molecular complexity index is 1330. The Labute approximate surface area is 208 Å². The van der Waals surface area contributed by atoms with Crippen molar-refractivity contribution in [2.45, 2.75) is 0 Å². The predicted molar refractivity (Wildman–Crippen MR) is 137 cm³/mol. The lowest BCUT2D eigenvalue weighted by molar-refractivity contribution is 0.483. The Hall–Kier alpha value is -3.28. The van der Waals surface area contributed by atoms with Gasteiger partial charge in [0.05, 0.1) is 22.2 Å². The van der Waals surface area contributed by atoms with Crippen molar-refractivity contribution in [2.75, 3.05) is 11.9 Å². The molecule has 0 aliphatic heterocycles. The van der Waals surface area contributed by atoms with Crippen LogP contribution in [0.3, 0.4) is 0 Å².